The molecule has 0 spiro atoms. The van der Waals surface area contributed by atoms with Crippen molar-refractivity contribution in [1.29, 1.82) is 0 Å². The molecule has 0 N–H and O–H groups in total. The first-order valence-corrected chi connectivity index (χ1v) is 7.17. The highest BCUT2D eigenvalue weighted by Gasteiger charge is 2.23. The van der Waals surface area contributed by atoms with Crippen molar-refractivity contribution in [2.45, 2.75) is 37.9 Å². The number of halogens is 1. The normalized spacial score (nSPS) is 10.7. The van der Waals surface area contributed by atoms with E-state index in [2.05, 4.69) is 19.9 Å². The average molecular weight is 326 g/mol. The van der Waals surface area contributed by atoms with Crippen LogP contribution in [0.3, 0.4) is 0 Å². The highest BCUT2D eigenvalue weighted by Crippen LogP contribution is 2.34. The van der Waals surface area contributed by atoms with Gasteiger partial charge in [-0.25, -0.2) is 19.9 Å². The molecule has 0 atom stereocenters. The van der Waals surface area contributed by atoms with Crippen molar-refractivity contribution in [2.24, 2.45) is 0 Å². The minimum absolute atomic E-state index is 0.0406. The molecular formula is C12H12ClN5O2S. The Kier molecular flexibility index (Phi) is 4.38. The molecule has 2 rings (SSSR count). The minimum Gasteiger partial charge on any atom is -0.258 e. The molecule has 0 amide bonds. The van der Waals surface area contributed by atoms with Gasteiger partial charge in [0.15, 0.2) is 10.2 Å². The molecule has 0 saturated heterocycles. The highest BCUT2D eigenvalue weighted by atomic mass is 35.5. The number of nitrogens with zero attached hydrogens (tertiary/aromatic N) is 5. The van der Waals surface area contributed by atoms with E-state index in [9.17, 15) is 10.1 Å². The first kappa shape index (κ1) is 15.6. The molecule has 0 aliphatic heterocycles. The van der Waals surface area contributed by atoms with Crippen molar-refractivity contribution >= 4 is 29.1 Å². The van der Waals surface area contributed by atoms with Crippen molar-refractivity contribution in [3.8, 4) is 0 Å². The number of aromatic nitrogens is 4. The fourth-order valence-electron chi connectivity index (χ4n) is 1.66. The third-order valence-corrected chi connectivity index (χ3v) is 3.99. The Labute approximate surface area is 130 Å². The third kappa shape index (κ3) is 3.27. The van der Waals surface area contributed by atoms with Gasteiger partial charge in [-0.15, -0.1) is 0 Å². The molecule has 0 bridgehead atoms. The molecule has 2 aromatic rings. The Bertz CT molecular complexity index is 715. The SMILES string of the molecule is Cc1nc(Sc2nc(Cl)nc(C)c2[N+](=O)[O-])nc(C)c1C. The summed E-state index contributed by atoms with van der Waals surface area (Å²) in [4.78, 5) is 27.0. The van der Waals surface area contributed by atoms with Gasteiger partial charge in [0.2, 0.25) is 5.28 Å². The topological polar surface area (TPSA) is 94.7 Å². The summed E-state index contributed by atoms with van der Waals surface area (Å²) in [6, 6.07) is 0. The number of aryl methyl sites for hydroxylation is 3. The average Bonchev–Trinajstić information content (AvgIpc) is 2.34. The second-order valence-electron chi connectivity index (χ2n) is 4.39. The Morgan fingerprint density at radius 3 is 2.10 bits per heavy atom. The fraction of sp³-hybridized carbons (Fsp3) is 0.333. The quantitative estimate of drug-likeness (QED) is 0.370. The van der Waals surface area contributed by atoms with Gasteiger partial charge in [0.1, 0.15) is 5.69 Å². The first-order valence-electron chi connectivity index (χ1n) is 5.97. The lowest BCUT2D eigenvalue weighted by molar-refractivity contribution is -0.389. The first-order chi connectivity index (χ1) is 9.79. The minimum atomic E-state index is -0.526. The van der Waals surface area contributed by atoms with Gasteiger partial charge in [-0.1, -0.05) is 0 Å². The maximum Gasteiger partial charge on any atom is 0.322 e. The smallest absolute Gasteiger partial charge is 0.258 e. The van der Waals surface area contributed by atoms with Crippen LogP contribution in [0, 0.1) is 37.8 Å². The lowest BCUT2D eigenvalue weighted by Crippen LogP contribution is -2.02. The highest BCUT2D eigenvalue weighted by molar-refractivity contribution is 7.99. The molecular weight excluding hydrogens is 314 g/mol. The second kappa shape index (κ2) is 5.90. The Morgan fingerprint density at radius 1 is 1.00 bits per heavy atom. The maximum absolute atomic E-state index is 11.2. The van der Waals surface area contributed by atoms with Crippen LogP contribution in [0.5, 0.6) is 0 Å². The number of hydrogen-bond acceptors (Lipinski definition) is 7. The van der Waals surface area contributed by atoms with Gasteiger partial charge in [0, 0.05) is 11.4 Å². The summed E-state index contributed by atoms with van der Waals surface area (Å²) in [6.45, 7) is 7.16. The molecule has 110 valence electrons. The van der Waals surface area contributed by atoms with E-state index >= 15 is 0 Å². The van der Waals surface area contributed by atoms with Crippen LogP contribution >= 0.6 is 23.4 Å². The molecule has 0 fully saturated rings. The molecule has 0 saturated carbocycles. The molecule has 0 radical (unpaired) electrons. The molecule has 2 aromatic heterocycles. The fourth-order valence-corrected chi connectivity index (χ4v) is 2.91. The van der Waals surface area contributed by atoms with Gasteiger partial charge in [-0.05, 0) is 56.6 Å². The summed E-state index contributed by atoms with van der Waals surface area (Å²) < 4.78 is 0. The van der Waals surface area contributed by atoms with Crippen molar-refractivity contribution in [2.75, 3.05) is 0 Å². The zero-order chi connectivity index (χ0) is 15.7. The molecule has 0 aliphatic carbocycles. The largest absolute Gasteiger partial charge is 0.322 e. The molecule has 7 nitrogen and oxygen atoms in total. The van der Waals surface area contributed by atoms with E-state index in [1.54, 1.807) is 0 Å². The summed E-state index contributed by atoms with van der Waals surface area (Å²) in [5.41, 5.74) is 2.67. The van der Waals surface area contributed by atoms with Crippen LogP contribution in [0.2, 0.25) is 5.28 Å². The third-order valence-electron chi connectivity index (χ3n) is 2.98. The van der Waals surface area contributed by atoms with E-state index in [1.807, 2.05) is 20.8 Å². The van der Waals surface area contributed by atoms with Gasteiger partial charge in [-0.2, -0.15) is 0 Å². The predicted octanol–water partition coefficient (Wildman–Crippen LogP) is 3.21. The van der Waals surface area contributed by atoms with Crippen LogP contribution in [0.1, 0.15) is 22.6 Å². The molecule has 21 heavy (non-hydrogen) atoms. The van der Waals surface area contributed by atoms with Crippen molar-refractivity contribution in [1.82, 2.24) is 19.9 Å². The number of hydrogen-bond donors (Lipinski definition) is 0. The van der Waals surface area contributed by atoms with E-state index in [4.69, 9.17) is 11.6 Å². The summed E-state index contributed by atoms with van der Waals surface area (Å²) in [5, 5.41) is 11.7. The Morgan fingerprint density at radius 2 is 1.57 bits per heavy atom. The summed E-state index contributed by atoms with van der Waals surface area (Å²) >= 11 is 6.79. The van der Waals surface area contributed by atoms with Crippen LogP contribution < -0.4 is 0 Å². The Balaban J connectivity index is 2.51. The van der Waals surface area contributed by atoms with Gasteiger partial charge >= 0.3 is 5.69 Å². The summed E-state index contributed by atoms with van der Waals surface area (Å²) in [5.74, 6) is 0. The van der Waals surface area contributed by atoms with E-state index < -0.39 is 4.92 Å². The van der Waals surface area contributed by atoms with Crippen molar-refractivity contribution < 1.29 is 4.92 Å². The monoisotopic (exact) mass is 325 g/mol. The Hall–Kier alpha value is -1.80. The van der Waals surface area contributed by atoms with E-state index in [-0.39, 0.29) is 21.7 Å². The second-order valence-corrected chi connectivity index (χ2v) is 5.69. The van der Waals surface area contributed by atoms with Gasteiger partial charge < -0.3 is 0 Å². The van der Waals surface area contributed by atoms with E-state index in [0.29, 0.717) is 5.16 Å². The van der Waals surface area contributed by atoms with Gasteiger partial charge in [0.05, 0.1) is 4.92 Å². The van der Waals surface area contributed by atoms with Crippen LogP contribution in [-0.4, -0.2) is 24.9 Å². The number of rotatable bonds is 3. The number of nitro groups is 1. The van der Waals surface area contributed by atoms with Gasteiger partial charge in [0.25, 0.3) is 0 Å². The predicted molar refractivity (Wildman–Crippen MR) is 78.8 cm³/mol. The van der Waals surface area contributed by atoms with Gasteiger partial charge in [-0.3, -0.25) is 10.1 Å². The van der Waals surface area contributed by atoms with Crippen molar-refractivity contribution in [3.05, 3.63) is 38.0 Å². The molecule has 0 aromatic carbocycles. The lowest BCUT2D eigenvalue weighted by Gasteiger charge is -2.07. The van der Waals surface area contributed by atoms with E-state index in [1.165, 1.54) is 6.92 Å². The van der Waals surface area contributed by atoms with Crippen LogP contribution in [-0.2, 0) is 0 Å². The zero-order valence-electron chi connectivity index (χ0n) is 11.8. The standard InChI is InChI=1S/C12H12ClN5O2S/c1-5-6(2)15-12(16-7(5)3)21-10-9(18(19)20)8(4)14-11(13)17-10/h1-4H3. The molecule has 9 heteroatoms. The summed E-state index contributed by atoms with van der Waals surface area (Å²) in [6.07, 6.45) is 0. The summed E-state index contributed by atoms with van der Waals surface area (Å²) in [7, 11) is 0. The molecule has 2 heterocycles. The maximum atomic E-state index is 11.2. The zero-order valence-corrected chi connectivity index (χ0v) is 13.4. The van der Waals surface area contributed by atoms with Crippen LogP contribution in [0.4, 0.5) is 5.69 Å². The lowest BCUT2D eigenvalue weighted by atomic mass is 10.2. The molecule has 0 aliphatic rings. The molecule has 0 unspecified atom stereocenters. The van der Waals surface area contributed by atoms with Crippen LogP contribution in [0.15, 0.2) is 10.2 Å². The van der Waals surface area contributed by atoms with Crippen molar-refractivity contribution in [3.63, 3.8) is 0 Å². The van der Waals surface area contributed by atoms with E-state index in [0.717, 1.165) is 28.7 Å². The van der Waals surface area contributed by atoms with Crippen LogP contribution in [0.25, 0.3) is 0 Å².